The van der Waals surface area contributed by atoms with Gasteiger partial charge in [0.15, 0.2) is 11.0 Å². The number of aromatic nitrogens is 1. The molecule has 1 amide bonds. The maximum atomic E-state index is 13.5. The van der Waals surface area contributed by atoms with Crippen molar-refractivity contribution >= 4 is 16.9 Å². The second-order valence-electron chi connectivity index (χ2n) is 7.81. The number of rotatable bonds is 2. The van der Waals surface area contributed by atoms with E-state index in [-0.39, 0.29) is 11.3 Å². The fourth-order valence-corrected chi connectivity index (χ4v) is 4.26. The van der Waals surface area contributed by atoms with E-state index in [0.29, 0.717) is 40.9 Å². The Hall–Kier alpha value is -3.60. The van der Waals surface area contributed by atoms with Gasteiger partial charge in [-0.2, -0.15) is 0 Å². The van der Waals surface area contributed by atoms with Crippen LogP contribution in [0.5, 0.6) is 0 Å². The zero-order chi connectivity index (χ0) is 20.8. The molecule has 0 saturated carbocycles. The summed E-state index contributed by atoms with van der Waals surface area (Å²) in [5.41, 5.74) is 4.49. The molecule has 0 fully saturated rings. The molecule has 1 aliphatic heterocycles. The van der Waals surface area contributed by atoms with Crippen molar-refractivity contribution in [3.63, 3.8) is 0 Å². The van der Waals surface area contributed by atoms with E-state index < -0.39 is 0 Å². The van der Waals surface area contributed by atoms with Crippen LogP contribution in [-0.2, 0) is 20.0 Å². The molecule has 0 saturated heterocycles. The van der Waals surface area contributed by atoms with Gasteiger partial charge in [0.25, 0.3) is 5.91 Å². The van der Waals surface area contributed by atoms with Crippen molar-refractivity contribution < 1.29 is 9.21 Å². The molecule has 0 bridgehead atoms. The van der Waals surface area contributed by atoms with E-state index in [1.807, 2.05) is 48.5 Å². The number of benzene rings is 2. The van der Waals surface area contributed by atoms with Gasteiger partial charge in [0.1, 0.15) is 5.76 Å². The molecule has 0 radical (unpaired) electrons. The standard InChI is InChI=1S/C25H22N2O3/c1-16-22(28)19-9-6-10-20(24(19)30-23(16)18-7-4-3-5-8-18)25(29)27-14-12-17-11-13-26(2)21(17)15-27/h3-11,13H,12,14-15H2,1-2H3. The van der Waals surface area contributed by atoms with Crippen LogP contribution in [0.3, 0.4) is 0 Å². The Bertz CT molecular complexity index is 1330. The molecule has 2 aromatic carbocycles. The van der Waals surface area contributed by atoms with E-state index in [0.717, 1.165) is 17.7 Å². The molecule has 5 nitrogen and oxygen atoms in total. The van der Waals surface area contributed by atoms with Gasteiger partial charge in [-0.25, -0.2) is 0 Å². The van der Waals surface area contributed by atoms with E-state index in [1.165, 1.54) is 5.56 Å². The first-order valence-corrected chi connectivity index (χ1v) is 10.1. The highest BCUT2D eigenvalue weighted by molar-refractivity contribution is 6.05. The van der Waals surface area contributed by atoms with Gasteiger partial charge in [-0.05, 0) is 37.1 Å². The molecule has 5 heteroatoms. The number of nitrogens with zero attached hydrogens (tertiary/aromatic N) is 2. The Balaban J connectivity index is 1.63. The summed E-state index contributed by atoms with van der Waals surface area (Å²) in [5.74, 6) is 0.398. The molecule has 0 unspecified atom stereocenters. The third kappa shape index (κ3) is 2.86. The van der Waals surface area contributed by atoms with Crippen molar-refractivity contribution in [3.8, 4) is 11.3 Å². The lowest BCUT2D eigenvalue weighted by atomic mass is 10.0. The van der Waals surface area contributed by atoms with Crippen LogP contribution in [0.25, 0.3) is 22.3 Å². The average molecular weight is 398 g/mol. The van der Waals surface area contributed by atoms with E-state index >= 15 is 0 Å². The number of amides is 1. The van der Waals surface area contributed by atoms with Crippen molar-refractivity contribution in [2.45, 2.75) is 19.9 Å². The van der Waals surface area contributed by atoms with Gasteiger partial charge in [0.05, 0.1) is 17.5 Å². The number of hydrogen-bond acceptors (Lipinski definition) is 3. The summed E-state index contributed by atoms with van der Waals surface area (Å²) in [6.45, 7) is 2.97. The molecule has 30 heavy (non-hydrogen) atoms. The van der Waals surface area contributed by atoms with Crippen molar-refractivity contribution in [1.29, 1.82) is 0 Å². The number of carbonyl (C=O) groups excluding carboxylic acids is 1. The molecule has 0 spiro atoms. The Labute approximate surface area is 174 Å². The van der Waals surface area contributed by atoms with Crippen molar-refractivity contribution in [2.24, 2.45) is 7.05 Å². The summed E-state index contributed by atoms with van der Waals surface area (Å²) >= 11 is 0. The highest BCUT2D eigenvalue weighted by atomic mass is 16.3. The minimum Gasteiger partial charge on any atom is -0.455 e. The molecular formula is C25H22N2O3. The van der Waals surface area contributed by atoms with Gasteiger partial charge in [-0.15, -0.1) is 0 Å². The van der Waals surface area contributed by atoms with E-state index in [1.54, 1.807) is 25.1 Å². The topological polar surface area (TPSA) is 55.5 Å². The highest BCUT2D eigenvalue weighted by Crippen LogP contribution is 2.29. The minimum absolute atomic E-state index is 0.104. The lowest BCUT2D eigenvalue weighted by Gasteiger charge is -2.28. The first-order chi connectivity index (χ1) is 14.5. The first-order valence-electron chi connectivity index (χ1n) is 10.1. The summed E-state index contributed by atoms with van der Waals surface area (Å²) in [6, 6.07) is 16.9. The smallest absolute Gasteiger partial charge is 0.258 e. The summed E-state index contributed by atoms with van der Waals surface area (Å²) in [5, 5.41) is 0.439. The second-order valence-corrected chi connectivity index (χ2v) is 7.81. The van der Waals surface area contributed by atoms with E-state index in [4.69, 9.17) is 4.42 Å². The average Bonchev–Trinajstić information content (AvgIpc) is 3.16. The molecule has 2 aromatic heterocycles. The van der Waals surface area contributed by atoms with Gasteiger partial charge in [0.2, 0.25) is 0 Å². The number of para-hydroxylation sites is 1. The number of aryl methyl sites for hydroxylation is 1. The van der Waals surface area contributed by atoms with Crippen LogP contribution >= 0.6 is 0 Å². The molecule has 150 valence electrons. The molecule has 4 aromatic rings. The third-order valence-corrected chi connectivity index (χ3v) is 5.99. The fourth-order valence-electron chi connectivity index (χ4n) is 4.26. The number of hydrogen-bond donors (Lipinski definition) is 0. The van der Waals surface area contributed by atoms with Crippen LogP contribution in [-0.4, -0.2) is 21.9 Å². The number of carbonyl (C=O) groups is 1. The maximum Gasteiger partial charge on any atom is 0.258 e. The predicted octanol–water partition coefficient (Wildman–Crippen LogP) is 4.31. The Kier molecular flexibility index (Phi) is 4.31. The Morgan fingerprint density at radius 1 is 1.03 bits per heavy atom. The van der Waals surface area contributed by atoms with Crippen LogP contribution in [0, 0.1) is 6.92 Å². The van der Waals surface area contributed by atoms with Gasteiger partial charge in [0, 0.05) is 36.6 Å². The summed E-state index contributed by atoms with van der Waals surface area (Å²) in [7, 11) is 2.00. The number of fused-ring (bicyclic) bond motifs is 2. The quantitative estimate of drug-likeness (QED) is 0.506. The molecule has 5 rings (SSSR count). The predicted molar refractivity (Wildman–Crippen MR) is 117 cm³/mol. The monoisotopic (exact) mass is 398 g/mol. The molecule has 3 heterocycles. The van der Waals surface area contributed by atoms with Crippen LogP contribution < -0.4 is 5.43 Å². The highest BCUT2D eigenvalue weighted by Gasteiger charge is 2.26. The van der Waals surface area contributed by atoms with Crippen LogP contribution in [0.4, 0.5) is 0 Å². The maximum absolute atomic E-state index is 13.5. The zero-order valence-electron chi connectivity index (χ0n) is 17.0. The third-order valence-electron chi connectivity index (χ3n) is 5.99. The van der Waals surface area contributed by atoms with Crippen molar-refractivity contribution in [2.75, 3.05) is 6.54 Å². The molecule has 0 atom stereocenters. The molecular weight excluding hydrogens is 376 g/mol. The summed E-state index contributed by atoms with van der Waals surface area (Å²) in [6.07, 6.45) is 2.86. The first kappa shape index (κ1) is 18.4. The van der Waals surface area contributed by atoms with Gasteiger partial charge in [-0.3, -0.25) is 9.59 Å². The van der Waals surface area contributed by atoms with Gasteiger partial charge < -0.3 is 13.9 Å². The second kappa shape index (κ2) is 7.02. The van der Waals surface area contributed by atoms with Gasteiger partial charge >= 0.3 is 0 Å². The Morgan fingerprint density at radius 2 is 1.83 bits per heavy atom. The van der Waals surface area contributed by atoms with Crippen LogP contribution in [0.15, 0.2) is 70.0 Å². The largest absolute Gasteiger partial charge is 0.455 e. The fraction of sp³-hybridized carbons (Fsp3) is 0.200. The minimum atomic E-state index is -0.113. The zero-order valence-corrected chi connectivity index (χ0v) is 17.0. The SMILES string of the molecule is Cc1c(-c2ccccc2)oc2c(C(=O)N3CCc4ccn(C)c4C3)cccc2c1=O. The van der Waals surface area contributed by atoms with Crippen LogP contribution in [0.1, 0.15) is 27.2 Å². The summed E-state index contributed by atoms with van der Waals surface area (Å²) in [4.78, 5) is 28.3. The molecule has 0 N–H and O–H groups in total. The van der Waals surface area contributed by atoms with Gasteiger partial charge in [-0.1, -0.05) is 36.4 Å². The van der Waals surface area contributed by atoms with Crippen molar-refractivity contribution in [3.05, 3.63) is 93.4 Å². The molecule has 0 aliphatic carbocycles. The van der Waals surface area contributed by atoms with E-state index in [9.17, 15) is 9.59 Å². The Morgan fingerprint density at radius 3 is 2.63 bits per heavy atom. The van der Waals surface area contributed by atoms with E-state index in [2.05, 4.69) is 10.6 Å². The summed E-state index contributed by atoms with van der Waals surface area (Å²) < 4.78 is 8.29. The lowest BCUT2D eigenvalue weighted by Crippen LogP contribution is -2.36. The van der Waals surface area contributed by atoms with Crippen LogP contribution in [0.2, 0.25) is 0 Å². The lowest BCUT2D eigenvalue weighted by molar-refractivity contribution is 0.0731. The normalized spacial score (nSPS) is 13.5. The van der Waals surface area contributed by atoms with Crippen molar-refractivity contribution in [1.82, 2.24) is 9.47 Å². The molecule has 1 aliphatic rings.